The Morgan fingerprint density at radius 2 is 1.71 bits per heavy atom. The Hall–Kier alpha value is -0.0600. The van der Waals surface area contributed by atoms with Crippen molar-refractivity contribution in [2.24, 2.45) is 0 Å². The molecule has 0 radical (unpaired) electrons. The molecule has 2 rings (SSSR count). The van der Waals surface area contributed by atoms with Crippen LogP contribution < -0.4 is 4.74 Å². The summed E-state index contributed by atoms with van der Waals surface area (Å²) < 4.78 is 6.81. The monoisotopic (exact) mass is 332 g/mol. The molecule has 17 heavy (non-hydrogen) atoms. The van der Waals surface area contributed by atoms with E-state index in [1.54, 1.807) is 6.92 Å². The van der Waals surface area contributed by atoms with Crippen LogP contribution in [0.2, 0.25) is 25.4 Å². The fourth-order valence-electron chi connectivity index (χ4n) is 1.36. The lowest BCUT2D eigenvalue weighted by Crippen LogP contribution is -2.01. The highest BCUT2D eigenvalue weighted by Crippen LogP contribution is 2.42. The Labute approximate surface area is 122 Å². The van der Waals surface area contributed by atoms with Gasteiger partial charge in [-0.25, -0.2) is 9.38 Å². The van der Waals surface area contributed by atoms with Gasteiger partial charge in [0.05, 0.1) is 11.6 Å². The van der Waals surface area contributed by atoms with Crippen LogP contribution in [0.3, 0.4) is 0 Å². The van der Waals surface area contributed by atoms with Gasteiger partial charge < -0.3 is 4.74 Å². The van der Waals surface area contributed by atoms with Crippen LogP contribution in [0.1, 0.15) is 6.92 Å². The van der Waals surface area contributed by atoms with E-state index in [0.29, 0.717) is 12.3 Å². The van der Waals surface area contributed by atoms with E-state index < -0.39 is 0 Å². The predicted molar refractivity (Wildman–Crippen MR) is 71.4 cm³/mol. The van der Waals surface area contributed by atoms with Crippen LogP contribution in [0.5, 0.6) is 5.88 Å². The van der Waals surface area contributed by atoms with Crippen molar-refractivity contribution in [3.63, 3.8) is 0 Å². The Bertz CT molecular complexity index is 595. The highest BCUT2D eigenvalue weighted by Gasteiger charge is 2.22. The predicted octanol–water partition coefficient (Wildman–Crippen LogP) is 5.00. The van der Waals surface area contributed by atoms with E-state index in [0.717, 1.165) is 0 Å². The van der Waals surface area contributed by atoms with Gasteiger partial charge in [0.15, 0.2) is 16.0 Å². The molecule has 0 amide bonds. The number of imidazole rings is 1. The van der Waals surface area contributed by atoms with E-state index in [9.17, 15) is 0 Å². The maximum atomic E-state index is 6.05. The summed E-state index contributed by atoms with van der Waals surface area (Å²) in [5.41, 5.74) is 0.305. The zero-order valence-corrected chi connectivity index (χ0v) is 12.2. The number of rotatable bonds is 2. The Balaban J connectivity index is 2.94. The first-order valence-electron chi connectivity index (χ1n) is 4.51. The molecule has 2 heterocycles. The summed E-state index contributed by atoms with van der Waals surface area (Å²) in [7, 11) is 0. The van der Waals surface area contributed by atoms with Crippen LogP contribution >= 0.6 is 58.0 Å². The van der Waals surface area contributed by atoms with Gasteiger partial charge in [0.25, 0.3) is 0 Å². The highest BCUT2D eigenvalue weighted by atomic mass is 35.5. The number of fused-ring (bicyclic) bond motifs is 1. The molecule has 0 bridgehead atoms. The zero-order chi connectivity index (χ0) is 12.7. The lowest BCUT2D eigenvalue weighted by molar-refractivity contribution is 0.323. The number of hydrogen-bond acceptors (Lipinski definition) is 2. The summed E-state index contributed by atoms with van der Waals surface area (Å²) in [6, 6.07) is 0. The molecule has 0 N–H and O–H groups in total. The van der Waals surface area contributed by atoms with Crippen LogP contribution in [-0.2, 0) is 0 Å². The molecule has 0 spiro atoms. The molecule has 2 aromatic heterocycles. The topological polar surface area (TPSA) is 26.5 Å². The molecule has 8 heteroatoms. The third-order valence-electron chi connectivity index (χ3n) is 2.04. The molecule has 0 atom stereocenters. The number of hydrogen-bond donors (Lipinski definition) is 0. The van der Waals surface area contributed by atoms with E-state index >= 15 is 0 Å². The second-order valence-corrected chi connectivity index (χ2v) is 4.88. The van der Waals surface area contributed by atoms with Crippen molar-refractivity contribution in [1.29, 1.82) is 0 Å². The van der Waals surface area contributed by atoms with Crippen LogP contribution in [-0.4, -0.2) is 16.0 Å². The van der Waals surface area contributed by atoms with Gasteiger partial charge in [0.1, 0.15) is 10.0 Å². The third kappa shape index (κ3) is 2.04. The summed E-state index contributed by atoms with van der Waals surface area (Å²) in [5, 5.41) is 0.775. The Morgan fingerprint density at radius 1 is 1.06 bits per heavy atom. The fraction of sp³-hybridized carbons (Fsp3) is 0.222. The van der Waals surface area contributed by atoms with Gasteiger partial charge in [-0.05, 0) is 6.92 Å². The Kier molecular flexibility index (Phi) is 3.86. The van der Waals surface area contributed by atoms with E-state index in [1.807, 2.05) is 0 Å². The maximum Gasteiger partial charge on any atom is 0.221 e. The summed E-state index contributed by atoms with van der Waals surface area (Å²) >= 11 is 29.9. The molecule has 0 saturated heterocycles. The normalized spacial score (nSPS) is 11.2. The minimum Gasteiger partial charge on any atom is -0.478 e. The van der Waals surface area contributed by atoms with Crippen molar-refractivity contribution in [3.8, 4) is 5.88 Å². The van der Waals surface area contributed by atoms with E-state index in [4.69, 9.17) is 62.7 Å². The molecule has 3 nitrogen and oxygen atoms in total. The number of aromatic nitrogens is 2. The smallest absolute Gasteiger partial charge is 0.221 e. The molecule has 0 aliphatic heterocycles. The fourth-order valence-corrected chi connectivity index (χ4v) is 2.39. The van der Waals surface area contributed by atoms with Crippen LogP contribution in [0.4, 0.5) is 0 Å². The van der Waals surface area contributed by atoms with Gasteiger partial charge in [-0.1, -0.05) is 58.0 Å². The van der Waals surface area contributed by atoms with Crippen LogP contribution in [0.25, 0.3) is 5.65 Å². The first-order chi connectivity index (χ1) is 7.99. The molecule has 0 saturated carbocycles. The SMILES string of the molecule is CCOc1c(Cl)c(Cl)c(Cl)c2nc(Cl)c(Cl)n12. The molecular formula is C9H5Cl5N2O. The summed E-state index contributed by atoms with van der Waals surface area (Å²) in [6.07, 6.45) is 0. The summed E-state index contributed by atoms with van der Waals surface area (Å²) in [5.74, 6) is 0.267. The average molecular weight is 334 g/mol. The molecule has 0 aliphatic carbocycles. The lowest BCUT2D eigenvalue weighted by atomic mass is 10.4. The maximum absolute atomic E-state index is 6.05. The van der Waals surface area contributed by atoms with Gasteiger partial charge in [0.2, 0.25) is 5.88 Å². The number of pyridine rings is 1. The second-order valence-electron chi connectivity index (χ2n) is 3.03. The molecule has 92 valence electrons. The lowest BCUT2D eigenvalue weighted by Gasteiger charge is -2.11. The molecular weight excluding hydrogens is 329 g/mol. The van der Waals surface area contributed by atoms with Crippen LogP contribution in [0.15, 0.2) is 0 Å². The first-order valence-corrected chi connectivity index (χ1v) is 6.40. The van der Waals surface area contributed by atoms with Gasteiger partial charge in [-0.15, -0.1) is 0 Å². The van der Waals surface area contributed by atoms with Crippen molar-refractivity contribution < 1.29 is 4.74 Å². The molecule has 0 aromatic carbocycles. The third-order valence-corrected chi connectivity index (χ3v) is 4.02. The van der Waals surface area contributed by atoms with Crippen molar-refractivity contribution in [1.82, 2.24) is 9.38 Å². The first kappa shape index (κ1) is 13.4. The van der Waals surface area contributed by atoms with Gasteiger partial charge in [-0.3, -0.25) is 0 Å². The van der Waals surface area contributed by atoms with Gasteiger partial charge >= 0.3 is 0 Å². The molecule has 0 unspecified atom stereocenters. The van der Waals surface area contributed by atoms with Crippen molar-refractivity contribution in [2.45, 2.75) is 6.92 Å². The van der Waals surface area contributed by atoms with Gasteiger partial charge in [0, 0.05) is 0 Å². The van der Waals surface area contributed by atoms with Crippen LogP contribution in [0, 0.1) is 0 Å². The Morgan fingerprint density at radius 3 is 2.29 bits per heavy atom. The number of nitrogens with zero attached hydrogens (tertiary/aromatic N) is 2. The van der Waals surface area contributed by atoms with Crippen molar-refractivity contribution >= 4 is 63.7 Å². The van der Waals surface area contributed by atoms with E-state index in [-0.39, 0.29) is 31.3 Å². The molecule has 0 aliphatic rings. The second kappa shape index (κ2) is 4.90. The standard InChI is InChI=1S/C9H5Cl5N2O/c1-2-17-9-5(12)3(10)4(11)8-15-6(13)7(14)16(8)9/h2H2,1H3. The number of ether oxygens (including phenoxy) is 1. The minimum atomic E-state index is 0.104. The minimum absolute atomic E-state index is 0.104. The highest BCUT2D eigenvalue weighted by molar-refractivity contribution is 6.50. The van der Waals surface area contributed by atoms with Gasteiger partial charge in [-0.2, -0.15) is 0 Å². The van der Waals surface area contributed by atoms with E-state index in [1.165, 1.54) is 4.40 Å². The molecule has 2 aromatic rings. The number of halogens is 5. The molecule has 0 fully saturated rings. The van der Waals surface area contributed by atoms with E-state index in [2.05, 4.69) is 4.98 Å². The largest absolute Gasteiger partial charge is 0.478 e. The zero-order valence-electron chi connectivity index (χ0n) is 8.40. The average Bonchev–Trinajstić information content (AvgIpc) is 2.59. The summed E-state index contributed by atoms with van der Waals surface area (Å²) in [6.45, 7) is 2.19. The van der Waals surface area contributed by atoms with Crippen molar-refractivity contribution in [2.75, 3.05) is 6.61 Å². The quantitative estimate of drug-likeness (QED) is 0.772. The summed E-state index contributed by atoms with van der Waals surface area (Å²) in [4.78, 5) is 4.00. The van der Waals surface area contributed by atoms with Crippen molar-refractivity contribution in [3.05, 3.63) is 25.4 Å².